The number of alkyl halides is 3. The Morgan fingerprint density at radius 1 is 1.23 bits per heavy atom. The van der Waals surface area contributed by atoms with Gasteiger partial charge in [0.05, 0.1) is 11.9 Å². The number of aryl methyl sites for hydroxylation is 1. The molecule has 1 aromatic carbocycles. The Morgan fingerprint density at radius 3 is 2.74 bits per heavy atom. The molecule has 0 bridgehead atoms. The van der Waals surface area contributed by atoms with Gasteiger partial charge in [-0.2, -0.15) is 13.2 Å². The van der Waals surface area contributed by atoms with Gasteiger partial charge >= 0.3 is 6.18 Å². The standard InChI is InChI=1S/C21H24F3N5O2/c1-13-18(16-7-6-14(21(22,23)24)9-17(16)31-12-30-3)26-27-20-19(13)25-11-29(20)15-5-4-8-28(2)10-15/h6-7,9,11,15H,4-5,8,10,12H2,1-3H3/t15-/m1/s1. The van der Waals surface area contributed by atoms with Gasteiger partial charge in [0.15, 0.2) is 12.4 Å². The number of hydrogen-bond acceptors (Lipinski definition) is 6. The molecule has 0 aliphatic carbocycles. The molecule has 4 rings (SSSR count). The van der Waals surface area contributed by atoms with E-state index in [2.05, 4.69) is 27.1 Å². The normalized spacial score (nSPS) is 17.9. The molecule has 7 nitrogen and oxygen atoms in total. The van der Waals surface area contributed by atoms with E-state index in [1.165, 1.54) is 13.2 Å². The molecule has 2 aromatic heterocycles. The van der Waals surface area contributed by atoms with E-state index in [0.29, 0.717) is 22.4 Å². The second-order valence-electron chi connectivity index (χ2n) is 7.82. The van der Waals surface area contributed by atoms with E-state index < -0.39 is 11.7 Å². The van der Waals surface area contributed by atoms with Gasteiger partial charge in [0, 0.05) is 30.8 Å². The zero-order valence-electron chi connectivity index (χ0n) is 17.6. The van der Waals surface area contributed by atoms with Gasteiger partial charge in [0.1, 0.15) is 17.0 Å². The molecule has 31 heavy (non-hydrogen) atoms. The summed E-state index contributed by atoms with van der Waals surface area (Å²) in [6.45, 7) is 3.62. The Kier molecular flexibility index (Phi) is 5.85. The molecule has 1 fully saturated rings. The summed E-state index contributed by atoms with van der Waals surface area (Å²) in [6.07, 6.45) is -0.585. The number of halogens is 3. The van der Waals surface area contributed by atoms with Crippen LogP contribution in [-0.2, 0) is 10.9 Å². The van der Waals surface area contributed by atoms with E-state index in [1.807, 2.05) is 11.5 Å². The molecular weight excluding hydrogens is 411 g/mol. The van der Waals surface area contributed by atoms with Gasteiger partial charge in [0.25, 0.3) is 0 Å². The van der Waals surface area contributed by atoms with Crippen molar-refractivity contribution in [2.24, 2.45) is 0 Å². The number of imidazole rings is 1. The highest BCUT2D eigenvalue weighted by Gasteiger charge is 2.32. The van der Waals surface area contributed by atoms with Crippen molar-refractivity contribution < 1.29 is 22.6 Å². The maximum absolute atomic E-state index is 13.2. The van der Waals surface area contributed by atoms with Crippen LogP contribution in [0.25, 0.3) is 22.4 Å². The summed E-state index contributed by atoms with van der Waals surface area (Å²) in [7, 11) is 3.49. The highest BCUT2D eigenvalue weighted by atomic mass is 19.4. The second-order valence-corrected chi connectivity index (χ2v) is 7.82. The van der Waals surface area contributed by atoms with Crippen LogP contribution in [0.4, 0.5) is 13.2 Å². The largest absolute Gasteiger partial charge is 0.467 e. The van der Waals surface area contributed by atoms with Gasteiger partial charge < -0.3 is 18.9 Å². The zero-order valence-corrected chi connectivity index (χ0v) is 17.6. The smallest absolute Gasteiger partial charge is 0.416 e. The number of methoxy groups -OCH3 is 1. The number of piperidine rings is 1. The van der Waals surface area contributed by atoms with Crippen molar-refractivity contribution in [3.8, 4) is 17.0 Å². The van der Waals surface area contributed by atoms with Gasteiger partial charge in [-0.15, -0.1) is 10.2 Å². The maximum Gasteiger partial charge on any atom is 0.416 e. The molecule has 0 saturated carbocycles. The Bertz CT molecular complexity index is 1080. The average molecular weight is 435 g/mol. The van der Waals surface area contributed by atoms with Crippen LogP contribution in [-0.4, -0.2) is 58.7 Å². The maximum atomic E-state index is 13.2. The van der Waals surface area contributed by atoms with E-state index in [1.54, 1.807) is 6.33 Å². The number of benzene rings is 1. The number of hydrogen-bond donors (Lipinski definition) is 0. The number of fused-ring (bicyclic) bond motifs is 1. The van der Waals surface area contributed by atoms with Crippen LogP contribution < -0.4 is 4.74 Å². The molecule has 0 unspecified atom stereocenters. The van der Waals surface area contributed by atoms with Crippen molar-refractivity contribution in [2.45, 2.75) is 32.0 Å². The molecule has 3 heterocycles. The minimum atomic E-state index is -4.49. The van der Waals surface area contributed by atoms with Crippen LogP contribution in [0, 0.1) is 6.92 Å². The van der Waals surface area contributed by atoms with E-state index in [9.17, 15) is 13.2 Å². The Balaban J connectivity index is 1.77. The van der Waals surface area contributed by atoms with Crippen LogP contribution in [0.5, 0.6) is 5.75 Å². The van der Waals surface area contributed by atoms with Crippen molar-refractivity contribution in [3.05, 3.63) is 35.7 Å². The highest BCUT2D eigenvalue weighted by molar-refractivity contribution is 5.83. The summed E-state index contributed by atoms with van der Waals surface area (Å²) in [6, 6.07) is 3.58. The number of likely N-dealkylation sites (N-methyl/N-ethyl adjacent to an activating group) is 1. The van der Waals surface area contributed by atoms with E-state index in [0.717, 1.165) is 43.6 Å². The Morgan fingerprint density at radius 2 is 2.03 bits per heavy atom. The Hall–Kier alpha value is -2.72. The molecule has 10 heteroatoms. The predicted octanol–water partition coefficient (Wildman–Crippen LogP) is 4.07. The van der Waals surface area contributed by atoms with Crippen molar-refractivity contribution in [2.75, 3.05) is 34.0 Å². The number of aromatic nitrogens is 4. The molecule has 0 radical (unpaired) electrons. The van der Waals surface area contributed by atoms with Crippen LogP contribution in [0.2, 0.25) is 0 Å². The van der Waals surface area contributed by atoms with Gasteiger partial charge in [-0.1, -0.05) is 0 Å². The van der Waals surface area contributed by atoms with Crippen molar-refractivity contribution in [1.82, 2.24) is 24.6 Å². The lowest BCUT2D eigenvalue weighted by atomic mass is 10.0. The molecular formula is C21H24F3N5O2. The summed E-state index contributed by atoms with van der Waals surface area (Å²) in [5.74, 6) is 0.0294. The summed E-state index contributed by atoms with van der Waals surface area (Å²) < 4.78 is 51.9. The first-order chi connectivity index (χ1) is 14.8. The molecule has 0 amide bonds. The highest BCUT2D eigenvalue weighted by Crippen LogP contribution is 2.38. The summed E-state index contributed by atoms with van der Waals surface area (Å²) in [5.41, 5.74) is 2.11. The third-order valence-electron chi connectivity index (χ3n) is 5.61. The fraction of sp³-hybridized carbons (Fsp3) is 0.476. The lowest BCUT2D eigenvalue weighted by Crippen LogP contribution is -2.33. The average Bonchev–Trinajstić information content (AvgIpc) is 3.17. The predicted molar refractivity (Wildman–Crippen MR) is 109 cm³/mol. The van der Waals surface area contributed by atoms with Crippen LogP contribution in [0.15, 0.2) is 24.5 Å². The monoisotopic (exact) mass is 435 g/mol. The zero-order chi connectivity index (χ0) is 22.2. The molecule has 0 N–H and O–H groups in total. The molecule has 1 aliphatic rings. The minimum absolute atomic E-state index is 0.0294. The summed E-state index contributed by atoms with van der Waals surface area (Å²) in [4.78, 5) is 6.82. The van der Waals surface area contributed by atoms with Crippen LogP contribution >= 0.6 is 0 Å². The first kappa shape index (κ1) is 21.5. The van der Waals surface area contributed by atoms with E-state index in [4.69, 9.17) is 9.47 Å². The molecule has 0 spiro atoms. The van der Waals surface area contributed by atoms with Crippen molar-refractivity contribution in [1.29, 1.82) is 0 Å². The first-order valence-corrected chi connectivity index (χ1v) is 10.0. The minimum Gasteiger partial charge on any atom is -0.467 e. The molecule has 1 aliphatic heterocycles. The first-order valence-electron chi connectivity index (χ1n) is 10.0. The van der Waals surface area contributed by atoms with Gasteiger partial charge in [0.2, 0.25) is 0 Å². The third kappa shape index (κ3) is 4.22. The van der Waals surface area contributed by atoms with E-state index >= 15 is 0 Å². The molecule has 1 atom stereocenters. The lowest BCUT2D eigenvalue weighted by molar-refractivity contribution is -0.137. The van der Waals surface area contributed by atoms with Crippen molar-refractivity contribution >= 4 is 11.2 Å². The molecule has 166 valence electrons. The fourth-order valence-corrected chi connectivity index (χ4v) is 4.03. The van der Waals surface area contributed by atoms with Crippen molar-refractivity contribution in [3.63, 3.8) is 0 Å². The van der Waals surface area contributed by atoms with Gasteiger partial charge in [-0.3, -0.25) is 0 Å². The Labute approximate surface area is 177 Å². The van der Waals surface area contributed by atoms with Gasteiger partial charge in [-0.05, 0) is 51.6 Å². The van der Waals surface area contributed by atoms with Crippen LogP contribution in [0.1, 0.15) is 30.0 Å². The SMILES string of the molecule is COCOc1cc(C(F)(F)F)ccc1-c1nnc2c(ncn2[C@@H]2CCCN(C)C2)c1C. The number of likely N-dealkylation sites (tertiary alicyclic amines) is 1. The second kappa shape index (κ2) is 8.43. The fourth-order valence-electron chi connectivity index (χ4n) is 4.03. The summed E-state index contributed by atoms with van der Waals surface area (Å²) in [5, 5.41) is 8.75. The lowest BCUT2D eigenvalue weighted by Gasteiger charge is -2.30. The number of nitrogens with zero attached hydrogens (tertiary/aromatic N) is 5. The number of ether oxygens (including phenoxy) is 2. The number of rotatable bonds is 5. The van der Waals surface area contributed by atoms with Crippen LogP contribution in [0.3, 0.4) is 0 Å². The topological polar surface area (TPSA) is 65.3 Å². The third-order valence-corrected chi connectivity index (χ3v) is 5.61. The molecule has 1 saturated heterocycles. The van der Waals surface area contributed by atoms with Gasteiger partial charge in [-0.25, -0.2) is 4.98 Å². The quantitative estimate of drug-likeness (QED) is 0.563. The van der Waals surface area contributed by atoms with E-state index in [-0.39, 0.29) is 18.6 Å². The molecule has 3 aromatic rings. The summed E-state index contributed by atoms with van der Waals surface area (Å²) >= 11 is 0.